The van der Waals surface area contributed by atoms with Crippen LogP contribution in [0.25, 0.3) is 0 Å². The number of rotatable bonds is 2. The number of carbonyl (C=O) groups is 1. The van der Waals surface area contributed by atoms with Crippen LogP contribution in [-0.4, -0.2) is 16.2 Å². The third kappa shape index (κ3) is 2.65. The van der Waals surface area contributed by atoms with Gasteiger partial charge in [0.2, 0.25) is 0 Å². The van der Waals surface area contributed by atoms with Crippen LogP contribution in [0.5, 0.6) is 0 Å². The summed E-state index contributed by atoms with van der Waals surface area (Å²) in [6.45, 7) is 1.92. The van der Waals surface area contributed by atoms with Crippen molar-refractivity contribution in [1.29, 1.82) is 5.41 Å². The van der Waals surface area contributed by atoms with Crippen molar-refractivity contribution < 1.29 is 9.18 Å². The highest BCUT2D eigenvalue weighted by Crippen LogP contribution is 2.30. The molecule has 23 heavy (non-hydrogen) atoms. The first kappa shape index (κ1) is 15.7. The molecule has 4 nitrogen and oxygen atoms in total. The minimum atomic E-state index is -0.523. The van der Waals surface area contributed by atoms with E-state index in [1.165, 1.54) is 18.2 Å². The summed E-state index contributed by atoms with van der Waals surface area (Å²) < 4.78 is 15.0. The lowest BCUT2D eigenvalue weighted by Gasteiger charge is -2.14. The zero-order chi connectivity index (χ0) is 16.7. The van der Waals surface area contributed by atoms with Gasteiger partial charge in [-0.3, -0.25) is 4.79 Å². The Bertz CT molecular complexity index is 826. The first-order chi connectivity index (χ1) is 10.9. The molecule has 0 fully saturated rings. The van der Waals surface area contributed by atoms with Gasteiger partial charge in [-0.2, -0.15) is 0 Å². The molecule has 2 N–H and O–H groups in total. The molecular weight excluding hydrogens is 317 g/mol. The lowest BCUT2D eigenvalue weighted by molar-refractivity contribution is 0.101. The van der Waals surface area contributed by atoms with Crippen LogP contribution in [0.4, 0.5) is 10.1 Å². The van der Waals surface area contributed by atoms with Gasteiger partial charge < -0.3 is 15.3 Å². The topological polar surface area (TPSA) is 57.9 Å². The Morgan fingerprint density at radius 1 is 1.39 bits per heavy atom. The van der Waals surface area contributed by atoms with Gasteiger partial charge in [0.1, 0.15) is 11.5 Å². The van der Waals surface area contributed by atoms with Crippen molar-refractivity contribution in [3.63, 3.8) is 0 Å². The van der Waals surface area contributed by atoms with Crippen LogP contribution in [0.3, 0.4) is 0 Å². The number of aromatic nitrogens is 1. The van der Waals surface area contributed by atoms with Gasteiger partial charge in [0, 0.05) is 29.7 Å². The van der Waals surface area contributed by atoms with Crippen molar-refractivity contribution in [1.82, 2.24) is 4.57 Å². The zero-order valence-electron chi connectivity index (χ0n) is 13.0. The molecule has 0 unspecified atom stereocenters. The normalized spacial score (nSPS) is 13.8. The van der Waals surface area contributed by atoms with Gasteiger partial charge in [-0.25, -0.2) is 4.39 Å². The largest absolute Gasteiger partial charge is 0.343 e. The molecule has 0 spiro atoms. The molecule has 2 aromatic rings. The minimum Gasteiger partial charge on any atom is -0.343 e. The number of nitrogens with zero attached hydrogens (tertiary/aromatic N) is 1. The number of carbonyl (C=O) groups excluding carboxylic acids is 1. The van der Waals surface area contributed by atoms with E-state index >= 15 is 0 Å². The van der Waals surface area contributed by atoms with E-state index in [0.29, 0.717) is 17.1 Å². The maximum atomic E-state index is 13.2. The van der Waals surface area contributed by atoms with Crippen LogP contribution >= 0.6 is 11.6 Å². The number of fused-ring (bicyclic) bond motifs is 1. The Labute approximate surface area is 138 Å². The zero-order valence-corrected chi connectivity index (χ0v) is 13.7. The quantitative estimate of drug-likeness (QED) is 0.854. The van der Waals surface area contributed by atoms with Crippen molar-refractivity contribution in [2.24, 2.45) is 7.05 Å². The molecule has 0 saturated heterocycles. The van der Waals surface area contributed by atoms with Crippen LogP contribution < -0.4 is 5.32 Å². The summed E-state index contributed by atoms with van der Waals surface area (Å²) in [5.41, 5.74) is 4.32. The van der Waals surface area contributed by atoms with Crippen LogP contribution in [-0.2, 0) is 13.5 Å². The summed E-state index contributed by atoms with van der Waals surface area (Å²) in [5.74, 6) is -0.792. The van der Waals surface area contributed by atoms with Gasteiger partial charge in [-0.05, 0) is 49.9 Å². The van der Waals surface area contributed by atoms with Gasteiger partial charge in [0.15, 0.2) is 0 Å². The number of hydrogen-bond acceptors (Lipinski definition) is 2. The van der Waals surface area contributed by atoms with Crippen LogP contribution in [0.1, 0.15) is 40.2 Å². The van der Waals surface area contributed by atoms with Crippen LogP contribution in [0, 0.1) is 18.2 Å². The van der Waals surface area contributed by atoms with Crippen molar-refractivity contribution in [3.05, 3.63) is 51.6 Å². The fourth-order valence-corrected chi connectivity index (χ4v) is 3.32. The molecule has 1 aliphatic carbocycles. The Morgan fingerprint density at radius 3 is 2.83 bits per heavy atom. The fourth-order valence-electron chi connectivity index (χ4n) is 3.14. The summed E-state index contributed by atoms with van der Waals surface area (Å²) in [5, 5.41) is 10.9. The summed E-state index contributed by atoms with van der Waals surface area (Å²) in [6, 6.07) is 4.09. The number of amides is 1. The Morgan fingerprint density at radius 2 is 2.13 bits per heavy atom. The summed E-state index contributed by atoms with van der Waals surface area (Å²) in [4.78, 5) is 12.7. The lowest BCUT2D eigenvalue weighted by atomic mass is 9.90. The van der Waals surface area contributed by atoms with E-state index in [2.05, 4.69) is 5.32 Å². The molecule has 0 bridgehead atoms. The van der Waals surface area contributed by atoms with Crippen molar-refractivity contribution >= 4 is 28.9 Å². The smallest absolute Gasteiger partial charge is 0.272 e. The summed E-state index contributed by atoms with van der Waals surface area (Å²) in [7, 11) is 1.83. The third-order valence-corrected chi connectivity index (χ3v) is 4.63. The molecular formula is C17H17ClFN3O. The maximum absolute atomic E-state index is 13.2. The third-order valence-electron chi connectivity index (χ3n) is 4.34. The first-order valence-electron chi connectivity index (χ1n) is 7.42. The molecule has 120 valence electrons. The second-order valence-electron chi connectivity index (χ2n) is 5.76. The van der Waals surface area contributed by atoms with Crippen molar-refractivity contribution in [2.45, 2.75) is 26.2 Å². The highest BCUT2D eigenvalue weighted by Gasteiger charge is 2.28. The molecule has 3 rings (SSSR count). The molecule has 0 saturated carbocycles. The number of nitrogens with one attached hydrogen (secondary N) is 2. The second-order valence-corrected chi connectivity index (χ2v) is 6.17. The van der Waals surface area contributed by atoms with Gasteiger partial charge >= 0.3 is 0 Å². The van der Waals surface area contributed by atoms with Gasteiger partial charge in [-0.1, -0.05) is 11.6 Å². The molecule has 0 atom stereocenters. The lowest BCUT2D eigenvalue weighted by Crippen LogP contribution is -2.19. The molecule has 1 amide bonds. The van der Waals surface area contributed by atoms with E-state index in [9.17, 15) is 9.18 Å². The SMILES string of the molecule is Cc1c2c(c(C(=O)Nc3ccc(F)c(Cl)c3)n1C)CCCC2=N. The van der Waals surface area contributed by atoms with Crippen molar-refractivity contribution in [3.8, 4) is 0 Å². The monoisotopic (exact) mass is 333 g/mol. The number of benzene rings is 1. The summed E-state index contributed by atoms with van der Waals surface area (Å²) in [6.07, 6.45) is 2.40. The molecule has 0 radical (unpaired) electrons. The number of halogens is 2. The average molecular weight is 334 g/mol. The predicted octanol–water partition coefficient (Wildman–Crippen LogP) is 4.08. The predicted molar refractivity (Wildman–Crippen MR) is 89.3 cm³/mol. The molecule has 1 aliphatic rings. The van der Waals surface area contributed by atoms with Crippen molar-refractivity contribution in [2.75, 3.05) is 5.32 Å². The van der Waals surface area contributed by atoms with E-state index in [-0.39, 0.29) is 10.9 Å². The molecule has 1 heterocycles. The molecule has 1 aromatic carbocycles. The highest BCUT2D eigenvalue weighted by atomic mass is 35.5. The Balaban J connectivity index is 1.98. The Hall–Kier alpha value is -2.14. The second kappa shape index (κ2) is 5.81. The van der Waals surface area contributed by atoms with Crippen LogP contribution in [0.15, 0.2) is 18.2 Å². The van der Waals surface area contributed by atoms with Crippen LogP contribution in [0.2, 0.25) is 5.02 Å². The van der Waals surface area contributed by atoms with E-state index < -0.39 is 5.82 Å². The average Bonchev–Trinajstić information content (AvgIpc) is 2.76. The molecule has 6 heteroatoms. The van der Waals surface area contributed by atoms with E-state index in [1.807, 2.05) is 18.5 Å². The van der Waals surface area contributed by atoms with Gasteiger partial charge in [-0.15, -0.1) is 0 Å². The summed E-state index contributed by atoms with van der Waals surface area (Å²) >= 11 is 5.75. The maximum Gasteiger partial charge on any atom is 0.272 e. The standard InChI is InChI=1S/C17H17ClFN3O/c1-9-15-11(4-3-5-14(15)20)16(22(9)2)17(23)21-10-6-7-13(19)12(18)8-10/h6-8,20H,3-5H2,1-2H3,(H,21,23). The first-order valence-corrected chi connectivity index (χ1v) is 7.80. The number of anilines is 1. The molecule has 0 aliphatic heterocycles. The van der Waals surface area contributed by atoms with E-state index in [0.717, 1.165) is 36.1 Å². The van der Waals surface area contributed by atoms with E-state index in [4.69, 9.17) is 17.0 Å². The fraction of sp³-hybridized carbons (Fsp3) is 0.294. The highest BCUT2D eigenvalue weighted by molar-refractivity contribution is 6.31. The van der Waals surface area contributed by atoms with E-state index in [1.54, 1.807) is 0 Å². The van der Waals surface area contributed by atoms with Gasteiger partial charge in [0.05, 0.1) is 5.02 Å². The van der Waals surface area contributed by atoms with Gasteiger partial charge in [0.25, 0.3) is 5.91 Å². The molecule has 1 aromatic heterocycles. The minimum absolute atomic E-state index is 0.0327. The number of hydrogen-bond donors (Lipinski definition) is 2. The Kier molecular flexibility index (Phi) is 3.98.